The molecule has 6 rings (SSSR count). The molecule has 2 aliphatic heterocycles. The number of hydrogen-bond donors (Lipinski definition) is 0. The first-order chi connectivity index (χ1) is 20.8. The number of likely N-dealkylation sites (N-methyl/N-ethyl adjacent to an activating group) is 1. The van der Waals surface area contributed by atoms with Gasteiger partial charge in [0.05, 0.1) is 18.5 Å². The molecule has 2 aromatic carbocycles. The highest BCUT2D eigenvalue weighted by Crippen LogP contribution is 2.41. The maximum Gasteiger partial charge on any atom is 0.319 e. The number of benzene rings is 2. The van der Waals surface area contributed by atoms with Crippen LogP contribution in [0.4, 0.5) is 14.6 Å². The van der Waals surface area contributed by atoms with Crippen molar-refractivity contribution in [3.63, 3.8) is 0 Å². The second-order valence-electron chi connectivity index (χ2n) is 11.9. The number of nitrogens with zero attached hydrogens (tertiary/aromatic N) is 6. The third-order valence-corrected chi connectivity index (χ3v) is 9.31. The summed E-state index contributed by atoms with van der Waals surface area (Å²) >= 11 is 0. The number of nitriles is 1. The van der Waals surface area contributed by atoms with Gasteiger partial charge in [-0.05, 0) is 68.0 Å². The lowest BCUT2D eigenvalue weighted by Gasteiger charge is -2.41. The summed E-state index contributed by atoms with van der Waals surface area (Å²) in [6, 6.07) is 11.5. The van der Waals surface area contributed by atoms with Gasteiger partial charge in [-0.15, -0.1) is 0 Å². The predicted molar refractivity (Wildman–Crippen MR) is 161 cm³/mol. The van der Waals surface area contributed by atoms with Gasteiger partial charge < -0.3 is 19.4 Å². The number of carbonyl (C=O) groups excluding carboxylic acids is 1. The van der Waals surface area contributed by atoms with Crippen molar-refractivity contribution in [2.45, 2.75) is 57.0 Å². The quantitative estimate of drug-likeness (QED) is 0.344. The Morgan fingerprint density at radius 3 is 2.72 bits per heavy atom. The molecule has 224 valence electrons. The van der Waals surface area contributed by atoms with E-state index < -0.39 is 23.6 Å². The van der Waals surface area contributed by atoms with Gasteiger partial charge >= 0.3 is 6.01 Å². The Hall–Kier alpha value is -4.10. The molecule has 0 bridgehead atoms. The van der Waals surface area contributed by atoms with E-state index in [1.165, 1.54) is 16.0 Å². The minimum absolute atomic E-state index is 0.00591. The Morgan fingerprint density at radius 1 is 1.14 bits per heavy atom. The van der Waals surface area contributed by atoms with Crippen molar-refractivity contribution in [2.24, 2.45) is 0 Å². The molecule has 1 unspecified atom stereocenters. The van der Waals surface area contributed by atoms with Crippen molar-refractivity contribution in [3.8, 4) is 23.2 Å². The number of rotatable bonds is 7. The summed E-state index contributed by atoms with van der Waals surface area (Å²) in [6.07, 6.45) is 4.03. The highest BCUT2D eigenvalue weighted by Gasteiger charge is 2.34. The van der Waals surface area contributed by atoms with E-state index >= 15 is 4.39 Å². The summed E-state index contributed by atoms with van der Waals surface area (Å²) in [5.41, 5.74) is 3.97. The summed E-state index contributed by atoms with van der Waals surface area (Å²) in [5, 5.41) is 9.97. The molecule has 43 heavy (non-hydrogen) atoms. The van der Waals surface area contributed by atoms with Gasteiger partial charge in [0.25, 0.3) is 5.91 Å². The van der Waals surface area contributed by atoms with Crippen LogP contribution >= 0.6 is 0 Å². The molecule has 3 aromatic rings. The van der Waals surface area contributed by atoms with Gasteiger partial charge in [0.1, 0.15) is 17.9 Å². The maximum absolute atomic E-state index is 16.6. The molecule has 2 saturated heterocycles. The van der Waals surface area contributed by atoms with Gasteiger partial charge in [0, 0.05) is 36.6 Å². The first-order valence-corrected chi connectivity index (χ1v) is 15.0. The summed E-state index contributed by atoms with van der Waals surface area (Å²) in [6.45, 7) is 7.41. The number of carbonyl (C=O) groups is 1. The number of hydrogen-bond acceptors (Lipinski definition) is 7. The molecule has 3 aliphatic rings. The van der Waals surface area contributed by atoms with Crippen molar-refractivity contribution < 1.29 is 18.3 Å². The molecule has 8 nitrogen and oxygen atoms in total. The summed E-state index contributed by atoms with van der Waals surface area (Å²) < 4.78 is 36.5. The van der Waals surface area contributed by atoms with Crippen LogP contribution < -0.4 is 9.64 Å². The second kappa shape index (κ2) is 11.9. The van der Waals surface area contributed by atoms with E-state index in [2.05, 4.69) is 42.6 Å². The molecule has 2 fully saturated rings. The molecular weight excluding hydrogens is 550 g/mol. The number of likely N-dealkylation sites (tertiary alicyclic amines) is 1. The number of fused-ring (bicyclic) bond motifs is 2. The van der Waals surface area contributed by atoms with E-state index in [1.807, 2.05) is 23.1 Å². The third-order valence-electron chi connectivity index (χ3n) is 9.31. The smallest absolute Gasteiger partial charge is 0.319 e. The zero-order valence-electron chi connectivity index (χ0n) is 24.7. The lowest BCUT2D eigenvalue weighted by molar-refractivity contribution is -0.131. The molecular formula is C33H36F2N6O2. The van der Waals surface area contributed by atoms with Gasteiger partial charge in [-0.2, -0.15) is 15.2 Å². The van der Waals surface area contributed by atoms with Gasteiger partial charge in [-0.25, -0.2) is 8.78 Å². The van der Waals surface area contributed by atoms with Crippen LogP contribution in [0.3, 0.4) is 0 Å². The number of anilines is 1. The van der Waals surface area contributed by atoms with E-state index in [9.17, 15) is 14.4 Å². The van der Waals surface area contributed by atoms with Gasteiger partial charge in [0.15, 0.2) is 11.6 Å². The van der Waals surface area contributed by atoms with Crippen LogP contribution in [0.15, 0.2) is 42.7 Å². The van der Waals surface area contributed by atoms with Crippen LogP contribution in [-0.4, -0.2) is 77.6 Å². The van der Waals surface area contributed by atoms with Crippen LogP contribution in [0.5, 0.6) is 6.01 Å². The topological polar surface area (TPSA) is 85.6 Å². The fourth-order valence-electron chi connectivity index (χ4n) is 6.86. The largest absolute Gasteiger partial charge is 0.462 e. The Morgan fingerprint density at radius 2 is 1.98 bits per heavy atom. The first kappa shape index (κ1) is 29.0. The normalized spacial score (nSPS) is 22.1. The summed E-state index contributed by atoms with van der Waals surface area (Å²) in [4.78, 5) is 27.3. The van der Waals surface area contributed by atoms with Crippen molar-refractivity contribution in [1.82, 2.24) is 19.8 Å². The highest BCUT2D eigenvalue weighted by atomic mass is 19.1. The van der Waals surface area contributed by atoms with E-state index in [4.69, 9.17) is 9.72 Å². The van der Waals surface area contributed by atoms with E-state index in [-0.39, 0.29) is 37.1 Å². The summed E-state index contributed by atoms with van der Waals surface area (Å²) in [7, 11) is 2.06. The molecule has 0 saturated carbocycles. The van der Waals surface area contributed by atoms with Gasteiger partial charge in [0.2, 0.25) is 0 Å². The highest BCUT2D eigenvalue weighted by molar-refractivity contribution is 5.94. The number of ether oxygens (including phenoxy) is 1. The maximum atomic E-state index is 16.6. The number of halogens is 2. The van der Waals surface area contributed by atoms with Crippen molar-refractivity contribution in [3.05, 3.63) is 59.7 Å². The zero-order chi connectivity index (χ0) is 30.2. The lowest BCUT2D eigenvalue weighted by atomic mass is 9.94. The fourth-order valence-corrected chi connectivity index (χ4v) is 6.86. The number of aromatic nitrogens is 2. The molecule has 1 aliphatic carbocycles. The number of piperazine rings is 1. The van der Waals surface area contributed by atoms with Gasteiger partial charge in [-0.1, -0.05) is 37.8 Å². The standard InChI is InChI=1S/C33H36F2N6O2/c1-20-9-10-26-24(20)7-4-8-25(26)27-11-12-28-30(29(27)35)37-33(43-19-23-6-5-15-39(23)3)38-31(28)40-16-17-41(32(42)21(2)34)22(18-40)13-14-36/h4,7-8,11-12,20,22-23H,2,5-6,9-10,13,15-19H2,1,3H3/t20?,22-,23-/m0/s1. The van der Waals surface area contributed by atoms with Crippen molar-refractivity contribution in [2.75, 3.05) is 44.7 Å². The average molecular weight is 587 g/mol. The molecule has 10 heteroatoms. The van der Waals surface area contributed by atoms with E-state index in [1.54, 1.807) is 6.07 Å². The van der Waals surface area contributed by atoms with Crippen LogP contribution in [0, 0.1) is 17.1 Å². The Labute approximate surface area is 250 Å². The van der Waals surface area contributed by atoms with Crippen LogP contribution in [0.2, 0.25) is 0 Å². The van der Waals surface area contributed by atoms with Crippen molar-refractivity contribution >= 4 is 22.6 Å². The fraction of sp³-hybridized carbons (Fsp3) is 0.455. The molecule has 0 N–H and O–H groups in total. The molecule has 3 heterocycles. The Bertz CT molecular complexity index is 1620. The third kappa shape index (κ3) is 5.42. The average Bonchev–Trinajstić information content (AvgIpc) is 3.60. The molecule has 0 spiro atoms. The van der Waals surface area contributed by atoms with Crippen LogP contribution in [0.25, 0.3) is 22.0 Å². The van der Waals surface area contributed by atoms with Crippen LogP contribution in [-0.2, 0) is 11.2 Å². The molecule has 1 aromatic heterocycles. The zero-order valence-corrected chi connectivity index (χ0v) is 24.7. The molecule has 3 atom stereocenters. The molecule has 0 radical (unpaired) electrons. The van der Waals surface area contributed by atoms with Gasteiger partial charge in [-0.3, -0.25) is 4.79 Å². The SMILES string of the molecule is C=C(F)C(=O)N1CCN(c2nc(OC[C@@H]3CCCN3C)nc3c(F)c(-c4cccc5c4CCC5C)ccc23)C[C@@H]1CC#N. The van der Waals surface area contributed by atoms with Crippen molar-refractivity contribution in [1.29, 1.82) is 5.26 Å². The summed E-state index contributed by atoms with van der Waals surface area (Å²) in [5.74, 6) is -1.42. The monoisotopic (exact) mass is 586 g/mol. The second-order valence-corrected chi connectivity index (χ2v) is 11.9. The first-order valence-electron chi connectivity index (χ1n) is 15.0. The molecule has 1 amide bonds. The van der Waals surface area contributed by atoms with E-state index in [0.717, 1.165) is 37.8 Å². The Balaban J connectivity index is 1.42. The lowest BCUT2D eigenvalue weighted by Crippen LogP contribution is -2.55. The number of amides is 1. The predicted octanol–water partition coefficient (Wildman–Crippen LogP) is 5.37. The van der Waals surface area contributed by atoms with E-state index in [0.29, 0.717) is 35.8 Å². The Kier molecular flexibility index (Phi) is 8.01. The van der Waals surface area contributed by atoms with Crippen LogP contribution in [0.1, 0.15) is 49.7 Å². The minimum atomic E-state index is -1.06. The minimum Gasteiger partial charge on any atom is -0.462 e.